The Bertz CT molecular complexity index is 950. The second kappa shape index (κ2) is 8.63. The summed E-state index contributed by atoms with van der Waals surface area (Å²) in [4.78, 5) is 19.1. The molecule has 6 nitrogen and oxygen atoms in total. The van der Waals surface area contributed by atoms with Crippen LogP contribution in [0, 0.1) is 11.8 Å². The predicted octanol–water partition coefficient (Wildman–Crippen LogP) is 3.80. The molecule has 0 saturated carbocycles. The largest absolute Gasteiger partial charge is 0.304 e. The predicted molar refractivity (Wildman–Crippen MR) is 114 cm³/mol. The molecule has 0 bridgehead atoms. The van der Waals surface area contributed by atoms with Gasteiger partial charge in [-0.25, -0.2) is 8.42 Å². The Balaban J connectivity index is 1.93. The molecule has 2 heterocycles. The first kappa shape index (κ1) is 21.5. The number of hydrogen-bond donors (Lipinski definition) is 0. The molecule has 1 aliphatic rings. The molecule has 29 heavy (non-hydrogen) atoms. The number of hydrogen-bond acceptors (Lipinski definition) is 4. The van der Waals surface area contributed by atoms with E-state index in [-0.39, 0.29) is 16.8 Å². The molecule has 1 amide bonds. The lowest BCUT2D eigenvalue weighted by Crippen LogP contribution is -2.42. The van der Waals surface area contributed by atoms with E-state index in [1.165, 1.54) is 6.07 Å². The SMILES string of the molecule is CC1CC(C)CN(S(=O)(=O)c2cccc(C(=O)N(c3cccnc3)C(C)C)c2)C1. The zero-order valence-electron chi connectivity index (χ0n) is 17.4. The third-order valence-corrected chi connectivity index (χ3v) is 7.04. The van der Waals surface area contributed by atoms with Crippen LogP contribution in [0.1, 0.15) is 44.5 Å². The number of aromatic nitrogens is 1. The third-order valence-electron chi connectivity index (χ3n) is 5.21. The van der Waals surface area contributed by atoms with Crippen LogP contribution in [0.25, 0.3) is 0 Å². The van der Waals surface area contributed by atoms with Crippen molar-refractivity contribution in [3.8, 4) is 0 Å². The Kier molecular flexibility index (Phi) is 6.39. The van der Waals surface area contributed by atoms with Gasteiger partial charge in [-0.2, -0.15) is 4.31 Å². The van der Waals surface area contributed by atoms with Crippen LogP contribution in [0.2, 0.25) is 0 Å². The normalized spacial score (nSPS) is 20.6. The molecule has 2 unspecified atom stereocenters. The second-order valence-corrected chi connectivity index (χ2v) is 10.2. The maximum atomic E-state index is 13.2. The van der Waals surface area contributed by atoms with E-state index in [9.17, 15) is 13.2 Å². The fraction of sp³-hybridized carbons (Fsp3) is 0.455. The van der Waals surface area contributed by atoms with Crippen molar-refractivity contribution in [2.24, 2.45) is 11.8 Å². The summed E-state index contributed by atoms with van der Waals surface area (Å²) >= 11 is 0. The highest BCUT2D eigenvalue weighted by atomic mass is 32.2. The van der Waals surface area contributed by atoms with Crippen LogP contribution in [-0.2, 0) is 10.0 Å². The second-order valence-electron chi connectivity index (χ2n) is 8.28. The molecule has 1 aromatic heterocycles. The van der Waals surface area contributed by atoms with Crippen molar-refractivity contribution >= 4 is 21.6 Å². The van der Waals surface area contributed by atoms with Gasteiger partial charge >= 0.3 is 0 Å². The molecule has 1 aliphatic heterocycles. The number of carbonyl (C=O) groups is 1. The molecule has 156 valence electrons. The van der Waals surface area contributed by atoms with Gasteiger partial charge in [0.05, 0.1) is 16.8 Å². The lowest BCUT2D eigenvalue weighted by molar-refractivity contribution is 0.0980. The van der Waals surface area contributed by atoms with Crippen LogP contribution in [0.3, 0.4) is 0 Å². The monoisotopic (exact) mass is 415 g/mol. The molecule has 1 aromatic carbocycles. The summed E-state index contributed by atoms with van der Waals surface area (Å²) in [6.07, 6.45) is 4.31. The van der Waals surface area contributed by atoms with E-state index in [0.717, 1.165) is 6.42 Å². The van der Waals surface area contributed by atoms with Crippen molar-refractivity contribution in [3.63, 3.8) is 0 Å². The van der Waals surface area contributed by atoms with Crippen LogP contribution in [-0.4, -0.2) is 42.7 Å². The van der Waals surface area contributed by atoms with Crippen LogP contribution in [0.4, 0.5) is 5.69 Å². The van der Waals surface area contributed by atoms with Crippen molar-refractivity contribution in [2.75, 3.05) is 18.0 Å². The van der Waals surface area contributed by atoms with Gasteiger partial charge in [-0.3, -0.25) is 9.78 Å². The average Bonchev–Trinajstić information content (AvgIpc) is 2.68. The van der Waals surface area contributed by atoms with Crippen LogP contribution in [0.15, 0.2) is 53.7 Å². The smallest absolute Gasteiger partial charge is 0.258 e. The maximum Gasteiger partial charge on any atom is 0.258 e. The van der Waals surface area contributed by atoms with Crippen LogP contribution < -0.4 is 4.90 Å². The minimum Gasteiger partial charge on any atom is -0.304 e. The zero-order valence-corrected chi connectivity index (χ0v) is 18.3. The number of nitrogens with zero attached hydrogens (tertiary/aromatic N) is 3. The number of sulfonamides is 1. The van der Waals surface area contributed by atoms with Gasteiger partial charge in [0.25, 0.3) is 5.91 Å². The molecule has 1 saturated heterocycles. The van der Waals surface area contributed by atoms with Crippen molar-refractivity contribution < 1.29 is 13.2 Å². The highest BCUT2D eigenvalue weighted by Gasteiger charge is 2.32. The Morgan fingerprint density at radius 2 is 1.83 bits per heavy atom. The van der Waals surface area contributed by atoms with Crippen molar-refractivity contribution in [1.82, 2.24) is 9.29 Å². The first-order chi connectivity index (χ1) is 13.7. The molecule has 0 aliphatic carbocycles. The highest BCUT2D eigenvalue weighted by molar-refractivity contribution is 7.89. The quantitative estimate of drug-likeness (QED) is 0.745. The number of amides is 1. The Labute approximate surface area is 173 Å². The molecule has 2 aromatic rings. The lowest BCUT2D eigenvalue weighted by Gasteiger charge is -2.34. The van der Waals surface area contributed by atoms with Gasteiger partial charge in [0.15, 0.2) is 0 Å². The van der Waals surface area contributed by atoms with Gasteiger partial charge in [0.1, 0.15) is 0 Å². The topological polar surface area (TPSA) is 70.6 Å². The minimum absolute atomic E-state index is 0.101. The molecule has 3 rings (SSSR count). The van der Waals surface area contributed by atoms with E-state index in [0.29, 0.717) is 36.2 Å². The fourth-order valence-electron chi connectivity index (χ4n) is 4.03. The summed E-state index contributed by atoms with van der Waals surface area (Å²) in [7, 11) is -3.64. The van der Waals surface area contributed by atoms with Gasteiger partial charge in [-0.1, -0.05) is 19.9 Å². The van der Waals surface area contributed by atoms with Gasteiger partial charge in [-0.05, 0) is 62.4 Å². The highest BCUT2D eigenvalue weighted by Crippen LogP contribution is 2.27. The molecule has 2 atom stereocenters. The summed E-state index contributed by atoms with van der Waals surface area (Å²) in [6.45, 7) is 9.01. The molecule has 7 heteroatoms. The number of piperidine rings is 1. The van der Waals surface area contributed by atoms with Crippen LogP contribution >= 0.6 is 0 Å². The Morgan fingerprint density at radius 3 is 2.41 bits per heavy atom. The molecule has 0 spiro atoms. The van der Waals surface area contributed by atoms with Gasteiger partial charge in [0.2, 0.25) is 10.0 Å². The molecule has 0 radical (unpaired) electrons. The van der Waals surface area contributed by atoms with Gasteiger partial charge in [-0.15, -0.1) is 0 Å². The minimum atomic E-state index is -3.64. The Morgan fingerprint density at radius 1 is 1.14 bits per heavy atom. The van der Waals surface area contributed by atoms with Crippen LogP contribution in [0.5, 0.6) is 0 Å². The fourth-order valence-corrected chi connectivity index (χ4v) is 5.75. The number of benzene rings is 1. The van der Waals surface area contributed by atoms with E-state index in [1.807, 2.05) is 19.9 Å². The summed E-state index contributed by atoms with van der Waals surface area (Å²) in [5.74, 6) is 0.395. The van der Waals surface area contributed by atoms with E-state index in [1.54, 1.807) is 45.9 Å². The third kappa shape index (κ3) is 4.67. The first-order valence-electron chi connectivity index (χ1n) is 10.0. The number of rotatable bonds is 5. The van der Waals surface area contributed by atoms with E-state index in [4.69, 9.17) is 0 Å². The summed E-state index contributed by atoms with van der Waals surface area (Å²) in [5.41, 5.74) is 1.03. The maximum absolute atomic E-state index is 13.2. The van der Waals surface area contributed by atoms with E-state index < -0.39 is 10.0 Å². The average molecular weight is 416 g/mol. The number of carbonyl (C=O) groups excluding carboxylic acids is 1. The number of pyridine rings is 1. The molecular formula is C22H29N3O3S. The zero-order chi connectivity index (χ0) is 21.2. The molecule has 0 N–H and O–H groups in total. The van der Waals surface area contributed by atoms with E-state index in [2.05, 4.69) is 18.8 Å². The molecule has 1 fully saturated rings. The molecular weight excluding hydrogens is 386 g/mol. The van der Waals surface area contributed by atoms with Gasteiger partial charge < -0.3 is 4.90 Å². The summed E-state index contributed by atoms with van der Waals surface area (Å²) < 4.78 is 28.0. The van der Waals surface area contributed by atoms with Crippen molar-refractivity contribution in [3.05, 3.63) is 54.4 Å². The van der Waals surface area contributed by atoms with Crippen molar-refractivity contribution in [1.29, 1.82) is 0 Å². The van der Waals surface area contributed by atoms with E-state index >= 15 is 0 Å². The standard InChI is InChI=1S/C22H29N3O3S/c1-16(2)25(20-8-6-10-23-13-20)22(26)19-7-5-9-21(12-19)29(27,28)24-14-17(3)11-18(4)15-24/h5-10,12-13,16-18H,11,14-15H2,1-4H3. The summed E-state index contributed by atoms with van der Waals surface area (Å²) in [6, 6.07) is 9.86. The first-order valence-corrected chi connectivity index (χ1v) is 11.5. The number of anilines is 1. The summed E-state index contributed by atoms with van der Waals surface area (Å²) in [5, 5.41) is 0. The van der Waals surface area contributed by atoms with Gasteiger partial charge in [0, 0.05) is 30.9 Å². The lowest BCUT2D eigenvalue weighted by atomic mass is 9.94. The Hall–Kier alpha value is -2.25. The van der Waals surface area contributed by atoms with Crippen molar-refractivity contribution in [2.45, 2.75) is 45.1 Å².